The Balaban J connectivity index is 3.25. The van der Waals surface area contributed by atoms with Crippen molar-refractivity contribution in [3.8, 4) is 0 Å². The highest BCUT2D eigenvalue weighted by Crippen LogP contribution is 2.03. The SMILES string of the molecule is C=C(CC)CC(C)N. The molecule has 0 saturated carbocycles. The first-order valence-corrected chi connectivity index (χ1v) is 3.09. The van der Waals surface area contributed by atoms with Gasteiger partial charge in [0.1, 0.15) is 0 Å². The highest BCUT2D eigenvalue weighted by molar-refractivity contribution is 4.94. The summed E-state index contributed by atoms with van der Waals surface area (Å²) in [6, 6.07) is 0.280. The fourth-order valence-electron chi connectivity index (χ4n) is 0.600. The molecule has 0 rings (SSSR count). The van der Waals surface area contributed by atoms with E-state index in [9.17, 15) is 0 Å². The number of hydrogen-bond acceptors (Lipinski definition) is 1. The first-order valence-electron chi connectivity index (χ1n) is 3.09. The molecule has 0 amide bonds. The third-order valence-electron chi connectivity index (χ3n) is 1.11. The minimum absolute atomic E-state index is 0.280. The van der Waals surface area contributed by atoms with Gasteiger partial charge in [-0.05, 0) is 19.8 Å². The highest BCUT2D eigenvalue weighted by Gasteiger charge is 1.94. The molecule has 0 aromatic heterocycles. The van der Waals surface area contributed by atoms with Gasteiger partial charge in [-0.2, -0.15) is 0 Å². The van der Waals surface area contributed by atoms with Gasteiger partial charge < -0.3 is 5.73 Å². The molecule has 0 radical (unpaired) electrons. The Bertz CT molecular complexity index is 74.5. The van der Waals surface area contributed by atoms with Crippen LogP contribution in [0.2, 0.25) is 0 Å². The molecule has 1 atom stereocenters. The molecule has 0 saturated heterocycles. The van der Waals surface area contributed by atoms with Gasteiger partial charge in [-0.3, -0.25) is 0 Å². The topological polar surface area (TPSA) is 26.0 Å². The summed E-state index contributed by atoms with van der Waals surface area (Å²) >= 11 is 0. The summed E-state index contributed by atoms with van der Waals surface area (Å²) in [5.74, 6) is 0. The molecule has 48 valence electrons. The van der Waals surface area contributed by atoms with E-state index < -0.39 is 0 Å². The Morgan fingerprint density at radius 1 is 1.75 bits per heavy atom. The monoisotopic (exact) mass is 113 g/mol. The van der Waals surface area contributed by atoms with Crippen molar-refractivity contribution in [2.45, 2.75) is 32.7 Å². The van der Waals surface area contributed by atoms with E-state index in [0.29, 0.717) is 0 Å². The minimum atomic E-state index is 0.280. The van der Waals surface area contributed by atoms with Crippen LogP contribution in [0.15, 0.2) is 12.2 Å². The van der Waals surface area contributed by atoms with Crippen LogP contribution in [0.1, 0.15) is 26.7 Å². The van der Waals surface area contributed by atoms with Crippen LogP contribution in [0.3, 0.4) is 0 Å². The molecule has 0 bridgehead atoms. The van der Waals surface area contributed by atoms with Crippen LogP contribution < -0.4 is 5.73 Å². The summed E-state index contributed by atoms with van der Waals surface area (Å²) in [7, 11) is 0. The average Bonchev–Trinajstić information content (AvgIpc) is 1.65. The van der Waals surface area contributed by atoms with E-state index in [2.05, 4.69) is 13.5 Å². The van der Waals surface area contributed by atoms with Gasteiger partial charge in [0, 0.05) is 6.04 Å². The molecule has 0 aliphatic heterocycles. The number of rotatable bonds is 3. The van der Waals surface area contributed by atoms with Crippen LogP contribution in [-0.4, -0.2) is 6.04 Å². The smallest absolute Gasteiger partial charge is 0.00475 e. The molecule has 0 heterocycles. The van der Waals surface area contributed by atoms with E-state index in [4.69, 9.17) is 5.73 Å². The summed E-state index contributed by atoms with van der Waals surface area (Å²) in [6.07, 6.45) is 2.03. The first kappa shape index (κ1) is 7.70. The first-order chi connectivity index (χ1) is 3.66. The van der Waals surface area contributed by atoms with E-state index >= 15 is 0 Å². The summed E-state index contributed by atoms with van der Waals surface area (Å²) in [4.78, 5) is 0. The maximum atomic E-state index is 5.51. The molecule has 0 fully saturated rings. The quantitative estimate of drug-likeness (QED) is 0.554. The summed E-state index contributed by atoms with van der Waals surface area (Å²) in [5, 5.41) is 0. The van der Waals surface area contributed by atoms with Crippen LogP contribution in [0.4, 0.5) is 0 Å². The van der Waals surface area contributed by atoms with Gasteiger partial charge in [-0.25, -0.2) is 0 Å². The molecule has 0 aliphatic rings. The molecule has 0 aromatic carbocycles. The van der Waals surface area contributed by atoms with Crippen molar-refractivity contribution in [2.24, 2.45) is 5.73 Å². The fraction of sp³-hybridized carbons (Fsp3) is 0.714. The number of nitrogens with two attached hydrogens (primary N) is 1. The standard InChI is InChI=1S/C7H15N/c1-4-6(2)5-7(3)8/h7H,2,4-5,8H2,1,3H3. The fourth-order valence-corrected chi connectivity index (χ4v) is 0.600. The third-order valence-corrected chi connectivity index (χ3v) is 1.11. The van der Waals surface area contributed by atoms with Crippen LogP contribution in [0.5, 0.6) is 0 Å². The molecule has 0 aliphatic carbocycles. The Morgan fingerprint density at radius 3 is 2.38 bits per heavy atom. The van der Waals surface area contributed by atoms with Crippen molar-refractivity contribution in [1.82, 2.24) is 0 Å². The molecule has 1 heteroatoms. The van der Waals surface area contributed by atoms with Gasteiger partial charge in [-0.1, -0.05) is 19.1 Å². The molecule has 2 N–H and O–H groups in total. The van der Waals surface area contributed by atoms with Gasteiger partial charge >= 0.3 is 0 Å². The summed E-state index contributed by atoms with van der Waals surface area (Å²) < 4.78 is 0. The van der Waals surface area contributed by atoms with Gasteiger partial charge in [0.2, 0.25) is 0 Å². The van der Waals surface area contributed by atoms with Gasteiger partial charge in [0.05, 0.1) is 0 Å². The predicted molar refractivity (Wildman–Crippen MR) is 37.7 cm³/mol. The molecule has 8 heavy (non-hydrogen) atoms. The van der Waals surface area contributed by atoms with E-state index in [1.165, 1.54) is 5.57 Å². The number of hydrogen-bond donors (Lipinski definition) is 1. The predicted octanol–water partition coefficient (Wildman–Crippen LogP) is 1.69. The van der Waals surface area contributed by atoms with Crippen molar-refractivity contribution in [3.05, 3.63) is 12.2 Å². The highest BCUT2D eigenvalue weighted by atomic mass is 14.6. The summed E-state index contributed by atoms with van der Waals surface area (Å²) in [6.45, 7) is 7.94. The van der Waals surface area contributed by atoms with Crippen molar-refractivity contribution < 1.29 is 0 Å². The lowest BCUT2D eigenvalue weighted by molar-refractivity contribution is 0.716. The third kappa shape index (κ3) is 3.88. The largest absolute Gasteiger partial charge is 0.328 e. The van der Waals surface area contributed by atoms with Gasteiger partial charge in [0.15, 0.2) is 0 Å². The van der Waals surface area contributed by atoms with Gasteiger partial charge in [0.25, 0.3) is 0 Å². The van der Waals surface area contributed by atoms with E-state index in [0.717, 1.165) is 12.8 Å². The maximum Gasteiger partial charge on any atom is 0.00475 e. The van der Waals surface area contributed by atoms with Crippen LogP contribution >= 0.6 is 0 Å². The molecule has 1 nitrogen and oxygen atoms in total. The minimum Gasteiger partial charge on any atom is -0.328 e. The second-order valence-corrected chi connectivity index (χ2v) is 2.28. The van der Waals surface area contributed by atoms with E-state index in [-0.39, 0.29) is 6.04 Å². The Morgan fingerprint density at radius 2 is 2.25 bits per heavy atom. The van der Waals surface area contributed by atoms with Crippen molar-refractivity contribution in [2.75, 3.05) is 0 Å². The van der Waals surface area contributed by atoms with Crippen molar-refractivity contribution in [3.63, 3.8) is 0 Å². The zero-order valence-corrected chi connectivity index (χ0v) is 5.78. The molecular formula is C7H15N. The lowest BCUT2D eigenvalue weighted by Crippen LogP contribution is -2.14. The van der Waals surface area contributed by atoms with Crippen molar-refractivity contribution >= 4 is 0 Å². The zero-order valence-electron chi connectivity index (χ0n) is 5.78. The molecule has 1 unspecified atom stereocenters. The average molecular weight is 113 g/mol. The normalized spacial score (nSPS) is 13.4. The van der Waals surface area contributed by atoms with Crippen LogP contribution in [0.25, 0.3) is 0 Å². The summed E-state index contributed by atoms with van der Waals surface area (Å²) in [5.41, 5.74) is 6.76. The maximum absolute atomic E-state index is 5.51. The van der Waals surface area contributed by atoms with Crippen LogP contribution in [-0.2, 0) is 0 Å². The zero-order chi connectivity index (χ0) is 6.57. The van der Waals surface area contributed by atoms with E-state index in [1.807, 2.05) is 6.92 Å². The second-order valence-electron chi connectivity index (χ2n) is 2.28. The lowest BCUT2D eigenvalue weighted by atomic mass is 10.1. The lowest BCUT2D eigenvalue weighted by Gasteiger charge is -2.03. The van der Waals surface area contributed by atoms with Crippen molar-refractivity contribution in [1.29, 1.82) is 0 Å². The van der Waals surface area contributed by atoms with E-state index in [1.54, 1.807) is 0 Å². The van der Waals surface area contributed by atoms with Gasteiger partial charge in [-0.15, -0.1) is 0 Å². The molecular weight excluding hydrogens is 98.1 g/mol. The second kappa shape index (κ2) is 3.67. The molecule has 0 spiro atoms. The van der Waals surface area contributed by atoms with Crippen LogP contribution in [0, 0.1) is 0 Å². The Hall–Kier alpha value is -0.300. The Kier molecular flexibility index (Phi) is 3.53. The molecule has 0 aromatic rings. The Labute approximate surface area is 51.6 Å².